The van der Waals surface area contributed by atoms with E-state index < -0.39 is 22.5 Å². The predicted molar refractivity (Wildman–Crippen MR) is 174 cm³/mol. The molecule has 0 radical (unpaired) electrons. The molecular formula is C31H28BrCl2N3O5S. The summed E-state index contributed by atoms with van der Waals surface area (Å²) in [7, 11) is -2.61. The lowest BCUT2D eigenvalue weighted by Gasteiger charge is -2.25. The molecule has 0 spiro atoms. The van der Waals surface area contributed by atoms with Crippen LogP contribution in [0.15, 0.2) is 93.3 Å². The number of ether oxygens (including phenoxy) is 2. The number of carbonyl (C=O) groups excluding carboxylic acids is 1. The maximum Gasteiger partial charge on any atom is 0.264 e. The quantitative estimate of drug-likeness (QED) is 0.131. The zero-order valence-electron chi connectivity index (χ0n) is 23.5. The number of halogens is 3. The number of carbonyl (C=O) groups is 1. The molecule has 4 aromatic rings. The van der Waals surface area contributed by atoms with Gasteiger partial charge in [0, 0.05) is 15.6 Å². The first-order chi connectivity index (χ1) is 20.5. The summed E-state index contributed by atoms with van der Waals surface area (Å²) in [5, 5.41) is 4.96. The fraction of sp³-hybridized carbons (Fsp3) is 0.161. The number of methoxy groups -OCH3 is 1. The summed E-state index contributed by atoms with van der Waals surface area (Å²) < 4.78 is 40.4. The van der Waals surface area contributed by atoms with Crippen molar-refractivity contribution in [2.45, 2.75) is 25.3 Å². The van der Waals surface area contributed by atoms with E-state index in [2.05, 4.69) is 26.5 Å². The van der Waals surface area contributed by atoms with Crippen LogP contribution in [0.2, 0.25) is 10.0 Å². The van der Waals surface area contributed by atoms with Crippen molar-refractivity contribution < 1.29 is 22.7 Å². The predicted octanol–water partition coefficient (Wildman–Crippen LogP) is 7.31. The van der Waals surface area contributed by atoms with Crippen molar-refractivity contribution in [2.24, 2.45) is 5.10 Å². The molecule has 224 valence electrons. The van der Waals surface area contributed by atoms with Crippen LogP contribution in [0.1, 0.15) is 22.3 Å². The summed E-state index contributed by atoms with van der Waals surface area (Å²) in [5.74, 6) is 0.246. The van der Waals surface area contributed by atoms with Crippen LogP contribution in [0.5, 0.6) is 11.5 Å². The van der Waals surface area contributed by atoms with E-state index >= 15 is 0 Å². The number of anilines is 1. The van der Waals surface area contributed by atoms with E-state index in [4.69, 9.17) is 32.7 Å². The van der Waals surface area contributed by atoms with Crippen LogP contribution in [0.4, 0.5) is 5.69 Å². The molecule has 0 atom stereocenters. The highest BCUT2D eigenvalue weighted by molar-refractivity contribution is 9.10. The van der Waals surface area contributed by atoms with Gasteiger partial charge in [0.2, 0.25) is 0 Å². The van der Waals surface area contributed by atoms with Crippen molar-refractivity contribution in [1.82, 2.24) is 5.43 Å². The summed E-state index contributed by atoms with van der Waals surface area (Å²) >= 11 is 15.9. The number of amides is 1. The minimum atomic E-state index is -4.11. The Labute approximate surface area is 269 Å². The van der Waals surface area contributed by atoms with E-state index in [1.165, 1.54) is 31.5 Å². The Morgan fingerprint density at radius 2 is 1.74 bits per heavy atom. The molecule has 4 aromatic carbocycles. The van der Waals surface area contributed by atoms with Crippen LogP contribution >= 0.6 is 39.1 Å². The Morgan fingerprint density at radius 1 is 1.02 bits per heavy atom. The Balaban J connectivity index is 1.52. The Morgan fingerprint density at radius 3 is 2.44 bits per heavy atom. The molecule has 1 amide bonds. The van der Waals surface area contributed by atoms with Gasteiger partial charge in [-0.15, -0.1) is 0 Å². The first-order valence-electron chi connectivity index (χ1n) is 12.9. The molecule has 0 heterocycles. The maximum absolute atomic E-state index is 13.7. The van der Waals surface area contributed by atoms with Crippen molar-refractivity contribution in [1.29, 1.82) is 0 Å². The van der Waals surface area contributed by atoms with Crippen LogP contribution in [-0.4, -0.2) is 34.2 Å². The molecule has 0 bridgehead atoms. The number of rotatable bonds is 11. The van der Waals surface area contributed by atoms with Crippen LogP contribution in [0.3, 0.4) is 0 Å². The van der Waals surface area contributed by atoms with Gasteiger partial charge in [0.25, 0.3) is 15.9 Å². The SMILES string of the molecule is COc1cc(/C=N\NC(=O)CN(c2cc(Cl)ccc2C)S(=O)(=O)c2ccc(C)cc2)cc(Br)c1OCc1ccccc1Cl. The van der Waals surface area contributed by atoms with Gasteiger partial charge in [-0.1, -0.05) is 65.2 Å². The largest absolute Gasteiger partial charge is 0.493 e. The van der Waals surface area contributed by atoms with E-state index in [9.17, 15) is 13.2 Å². The molecule has 0 saturated heterocycles. The monoisotopic (exact) mass is 703 g/mol. The Kier molecular flexibility index (Phi) is 10.7. The Bertz CT molecular complexity index is 1770. The Hall–Kier alpha value is -3.57. The fourth-order valence-electron chi connectivity index (χ4n) is 4.05. The van der Waals surface area contributed by atoms with E-state index in [-0.39, 0.29) is 17.2 Å². The number of nitrogens with one attached hydrogen (secondary N) is 1. The zero-order chi connectivity index (χ0) is 31.1. The highest BCUT2D eigenvalue weighted by Crippen LogP contribution is 2.37. The number of hydrogen-bond acceptors (Lipinski definition) is 6. The second-order valence-corrected chi connectivity index (χ2v) is 13.0. The summed E-state index contributed by atoms with van der Waals surface area (Å²) in [6, 6.07) is 22.0. The summed E-state index contributed by atoms with van der Waals surface area (Å²) in [5.41, 5.74) is 5.63. The molecule has 4 rings (SSSR count). The second kappa shape index (κ2) is 14.3. The van der Waals surface area contributed by atoms with Gasteiger partial charge >= 0.3 is 0 Å². The summed E-state index contributed by atoms with van der Waals surface area (Å²) in [6.45, 7) is 3.30. The molecule has 1 N–H and O–H groups in total. The van der Waals surface area contributed by atoms with Crippen molar-refractivity contribution in [3.8, 4) is 11.5 Å². The smallest absolute Gasteiger partial charge is 0.264 e. The summed E-state index contributed by atoms with van der Waals surface area (Å²) in [6.07, 6.45) is 1.41. The molecule has 43 heavy (non-hydrogen) atoms. The number of aryl methyl sites for hydroxylation is 2. The lowest BCUT2D eigenvalue weighted by molar-refractivity contribution is -0.119. The zero-order valence-corrected chi connectivity index (χ0v) is 27.4. The third-order valence-corrected chi connectivity index (χ3v) is 9.29. The van der Waals surface area contributed by atoms with Crippen LogP contribution in [0, 0.1) is 13.8 Å². The van der Waals surface area contributed by atoms with Crippen LogP contribution in [0.25, 0.3) is 0 Å². The van der Waals surface area contributed by atoms with Gasteiger partial charge in [-0.2, -0.15) is 5.10 Å². The van der Waals surface area contributed by atoms with E-state index in [1.807, 2.05) is 25.1 Å². The lowest BCUT2D eigenvalue weighted by atomic mass is 10.2. The number of hydrazone groups is 1. The van der Waals surface area contributed by atoms with Gasteiger partial charge in [0.1, 0.15) is 13.2 Å². The van der Waals surface area contributed by atoms with Gasteiger partial charge in [-0.05, 0) is 83.4 Å². The van der Waals surface area contributed by atoms with E-state index in [0.717, 1.165) is 15.4 Å². The molecule has 0 unspecified atom stereocenters. The van der Waals surface area contributed by atoms with E-state index in [0.29, 0.717) is 37.1 Å². The molecule has 12 heteroatoms. The number of benzene rings is 4. The van der Waals surface area contributed by atoms with Gasteiger partial charge < -0.3 is 9.47 Å². The van der Waals surface area contributed by atoms with Crippen molar-refractivity contribution >= 4 is 67.0 Å². The minimum absolute atomic E-state index is 0.0440. The molecule has 0 fully saturated rings. The molecule has 0 aromatic heterocycles. The van der Waals surface area contributed by atoms with Crippen LogP contribution in [-0.2, 0) is 21.4 Å². The minimum Gasteiger partial charge on any atom is -0.493 e. The third-order valence-electron chi connectivity index (χ3n) is 6.32. The number of sulfonamides is 1. The molecule has 8 nitrogen and oxygen atoms in total. The first kappa shape index (κ1) is 32.3. The maximum atomic E-state index is 13.7. The molecule has 0 saturated carbocycles. The fourth-order valence-corrected chi connectivity index (χ4v) is 6.46. The van der Waals surface area contributed by atoms with Crippen molar-refractivity contribution in [2.75, 3.05) is 18.0 Å². The van der Waals surface area contributed by atoms with Gasteiger partial charge in [-0.3, -0.25) is 9.10 Å². The van der Waals surface area contributed by atoms with Gasteiger partial charge in [0.05, 0.1) is 28.4 Å². The standard InChI is InChI=1S/C31H28BrCl2N3O5S/c1-20-8-12-25(13-9-20)43(39,40)37(28-16-24(33)11-10-21(28)2)18-30(38)36-35-17-22-14-26(32)31(29(15-22)41-3)42-19-23-6-4-5-7-27(23)34/h4-17H,18-19H2,1-3H3,(H,36,38)/b35-17-. The molecule has 0 aliphatic carbocycles. The van der Waals surface area contributed by atoms with Gasteiger partial charge in [-0.25, -0.2) is 13.8 Å². The highest BCUT2D eigenvalue weighted by Gasteiger charge is 2.28. The van der Waals surface area contributed by atoms with Crippen LogP contribution < -0.4 is 19.2 Å². The third kappa shape index (κ3) is 8.08. The number of nitrogens with zero attached hydrogens (tertiary/aromatic N) is 2. The first-order valence-corrected chi connectivity index (χ1v) is 15.9. The molecule has 0 aliphatic rings. The number of hydrogen-bond donors (Lipinski definition) is 1. The van der Waals surface area contributed by atoms with Crippen molar-refractivity contribution in [3.63, 3.8) is 0 Å². The topological polar surface area (TPSA) is 97.3 Å². The normalized spacial score (nSPS) is 11.4. The average molecular weight is 705 g/mol. The average Bonchev–Trinajstić information content (AvgIpc) is 2.97. The summed E-state index contributed by atoms with van der Waals surface area (Å²) in [4.78, 5) is 13.1. The highest BCUT2D eigenvalue weighted by atomic mass is 79.9. The molecular weight excluding hydrogens is 677 g/mol. The van der Waals surface area contributed by atoms with Crippen molar-refractivity contribution in [3.05, 3.63) is 116 Å². The lowest BCUT2D eigenvalue weighted by Crippen LogP contribution is -2.40. The molecule has 0 aliphatic heterocycles. The second-order valence-electron chi connectivity index (χ2n) is 9.46. The van der Waals surface area contributed by atoms with E-state index in [1.54, 1.807) is 49.4 Å². The van der Waals surface area contributed by atoms with Gasteiger partial charge in [0.15, 0.2) is 11.5 Å².